The number of nitrogens with zero attached hydrogens (tertiary/aromatic N) is 2. The number of aromatic nitrogens is 2. The summed E-state index contributed by atoms with van der Waals surface area (Å²) < 4.78 is 0. The standard InChI is InChI=1S/C16H28N4/c1-4-6-14-9-15(20-16(19-14)12(2)3)18-11-13-7-5-8-17-10-13/h9,12-13,17H,4-8,10-11H2,1-3H3,(H,18,19,20). The summed E-state index contributed by atoms with van der Waals surface area (Å²) in [5.74, 6) is 3.05. The van der Waals surface area contributed by atoms with E-state index in [1.807, 2.05) is 0 Å². The molecule has 1 aliphatic rings. The summed E-state index contributed by atoms with van der Waals surface area (Å²) in [7, 11) is 0. The summed E-state index contributed by atoms with van der Waals surface area (Å²) in [6, 6.07) is 2.12. The number of aryl methyl sites for hydroxylation is 1. The smallest absolute Gasteiger partial charge is 0.133 e. The average Bonchev–Trinajstić information content (AvgIpc) is 2.46. The van der Waals surface area contributed by atoms with Gasteiger partial charge < -0.3 is 10.6 Å². The van der Waals surface area contributed by atoms with Crippen LogP contribution in [0.3, 0.4) is 0 Å². The first kappa shape index (κ1) is 15.2. The quantitative estimate of drug-likeness (QED) is 0.838. The molecule has 0 spiro atoms. The Hall–Kier alpha value is -1.16. The van der Waals surface area contributed by atoms with Crippen LogP contribution in [0.4, 0.5) is 5.82 Å². The van der Waals surface area contributed by atoms with Gasteiger partial charge in [0.15, 0.2) is 0 Å². The number of piperidine rings is 1. The first-order chi connectivity index (χ1) is 9.69. The van der Waals surface area contributed by atoms with Crippen molar-refractivity contribution in [3.05, 3.63) is 17.6 Å². The normalized spacial score (nSPS) is 19.3. The molecular formula is C16H28N4. The molecule has 1 aliphatic heterocycles. The molecule has 0 amide bonds. The van der Waals surface area contributed by atoms with E-state index < -0.39 is 0 Å². The second-order valence-electron chi connectivity index (χ2n) is 6.10. The molecule has 2 N–H and O–H groups in total. The van der Waals surface area contributed by atoms with Crippen molar-refractivity contribution in [2.75, 3.05) is 25.0 Å². The molecule has 0 radical (unpaired) electrons. The van der Waals surface area contributed by atoms with Crippen molar-refractivity contribution in [3.63, 3.8) is 0 Å². The third kappa shape index (κ3) is 4.44. The first-order valence-electron chi connectivity index (χ1n) is 8.01. The highest BCUT2D eigenvalue weighted by Gasteiger charge is 2.13. The van der Waals surface area contributed by atoms with Gasteiger partial charge in [-0.1, -0.05) is 27.2 Å². The maximum absolute atomic E-state index is 4.66. The van der Waals surface area contributed by atoms with Gasteiger partial charge in [0.25, 0.3) is 0 Å². The van der Waals surface area contributed by atoms with Crippen LogP contribution in [0, 0.1) is 5.92 Å². The summed E-state index contributed by atoms with van der Waals surface area (Å²) in [6.45, 7) is 9.80. The van der Waals surface area contributed by atoms with Crippen molar-refractivity contribution in [3.8, 4) is 0 Å². The van der Waals surface area contributed by atoms with Gasteiger partial charge in [0.05, 0.1) is 0 Å². The molecule has 1 unspecified atom stereocenters. The van der Waals surface area contributed by atoms with Crippen molar-refractivity contribution in [2.45, 2.75) is 52.4 Å². The van der Waals surface area contributed by atoms with Crippen molar-refractivity contribution >= 4 is 5.82 Å². The maximum Gasteiger partial charge on any atom is 0.133 e. The van der Waals surface area contributed by atoms with E-state index in [0.717, 1.165) is 49.2 Å². The lowest BCUT2D eigenvalue weighted by atomic mass is 10.00. The zero-order valence-electron chi connectivity index (χ0n) is 13.1. The lowest BCUT2D eigenvalue weighted by Crippen LogP contribution is -2.33. The molecule has 4 nitrogen and oxygen atoms in total. The summed E-state index contributed by atoms with van der Waals surface area (Å²) in [5, 5.41) is 6.98. The van der Waals surface area contributed by atoms with Gasteiger partial charge in [-0.25, -0.2) is 9.97 Å². The fraction of sp³-hybridized carbons (Fsp3) is 0.750. The fourth-order valence-corrected chi connectivity index (χ4v) is 2.60. The molecule has 1 aromatic rings. The van der Waals surface area contributed by atoms with E-state index >= 15 is 0 Å². The molecule has 1 aromatic heterocycles. The van der Waals surface area contributed by atoms with Crippen molar-refractivity contribution in [1.82, 2.24) is 15.3 Å². The third-order valence-electron chi connectivity index (χ3n) is 3.79. The lowest BCUT2D eigenvalue weighted by Gasteiger charge is -2.23. The van der Waals surface area contributed by atoms with E-state index in [0.29, 0.717) is 5.92 Å². The SMILES string of the molecule is CCCc1cc(NCC2CCCNC2)nc(C(C)C)n1. The molecule has 0 aromatic carbocycles. The fourth-order valence-electron chi connectivity index (χ4n) is 2.60. The molecular weight excluding hydrogens is 248 g/mol. The van der Waals surface area contributed by atoms with Gasteiger partial charge >= 0.3 is 0 Å². The summed E-state index contributed by atoms with van der Waals surface area (Å²) in [4.78, 5) is 9.31. The second-order valence-corrected chi connectivity index (χ2v) is 6.10. The number of anilines is 1. The Morgan fingerprint density at radius 1 is 1.40 bits per heavy atom. The molecule has 4 heteroatoms. The highest BCUT2D eigenvalue weighted by molar-refractivity contribution is 5.36. The van der Waals surface area contributed by atoms with Crippen molar-refractivity contribution < 1.29 is 0 Å². The largest absolute Gasteiger partial charge is 0.370 e. The first-order valence-corrected chi connectivity index (χ1v) is 8.01. The number of rotatable bonds is 6. The molecule has 2 heterocycles. The van der Waals surface area contributed by atoms with Gasteiger partial charge in [-0.2, -0.15) is 0 Å². The van der Waals surface area contributed by atoms with Gasteiger partial charge in [0.2, 0.25) is 0 Å². The molecule has 1 saturated heterocycles. The molecule has 1 atom stereocenters. The summed E-state index contributed by atoms with van der Waals surface area (Å²) >= 11 is 0. The van der Waals surface area contributed by atoms with Crippen LogP contribution in [-0.2, 0) is 6.42 Å². The zero-order chi connectivity index (χ0) is 14.4. The topological polar surface area (TPSA) is 49.8 Å². The highest BCUT2D eigenvalue weighted by atomic mass is 15.0. The van der Waals surface area contributed by atoms with Crippen LogP contribution in [0.2, 0.25) is 0 Å². The van der Waals surface area contributed by atoms with Crippen LogP contribution < -0.4 is 10.6 Å². The Morgan fingerprint density at radius 3 is 2.90 bits per heavy atom. The zero-order valence-corrected chi connectivity index (χ0v) is 13.1. The van der Waals surface area contributed by atoms with Crippen LogP contribution in [-0.4, -0.2) is 29.6 Å². The number of nitrogens with one attached hydrogen (secondary N) is 2. The van der Waals surface area contributed by atoms with Crippen LogP contribution in [0.5, 0.6) is 0 Å². The minimum Gasteiger partial charge on any atom is -0.370 e. The Balaban J connectivity index is 2.01. The minimum atomic E-state index is 0.378. The van der Waals surface area contributed by atoms with E-state index in [4.69, 9.17) is 0 Å². The second kappa shape index (κ2) is 7.58. The predicted octanol–water partition coefficient (Wildman–Crippen LogP) is 2.96. The van der Waals surface area contributed by atoms with Gasteiger partial charge in [-0.05, 0) is 38.3 Å². The Bertz CT molecular complexity index is 411. The Kier molecular flexibility index (Phi) is 5.77. The summed E-state index contributed by atoms with van der Waals surface area (Å²) in [6.07, 6.45) is 4.75. The van der Waals surface area contributed by atoms with Crippen molar-refractivity contribution in [1.29, 1.82) is 0 Å². The molecule has 0 bridgehead atoms. The van der Waals surface area contributed by atoms with Crippen LogP contribution in [0.15, 0.2) is 6.07 Å². The maximum atomic E-state index is 4.66. The van der Waals surface area contributed by atoms with Crippen molar-refractivity contribution in [2.24, 2.45) is 5.92 Å². The Labute approximate surface area is 122 Å². The van der Waals surface area contributed by atoms with Crippen LogP contribution >= 0.6 is 0 Å². The predicted molar refractivity (Wildman–Crippen MR) is 84.2 cm³/mol. The summed E-state index contributed by atoms with van der Waals surface area (Å²) in [5.41, 5.74) is 1.16. The van der Waals surface area contributed by atoms with Gasteiger partial charge in [-0.15, -0.1) is 0 Å². The van der Waals surface area contributed by atoms with Crippen LogP contribution in [0.25, 0.3) is 0 Å². The lowest BCUT2D eigenvalue weighted by molar-refractivity contribution is 0.392. The molecule has 1 fully saturated rings. The minimum absolute atomic E-state index is 0.378. The molecule has 2 rings (SSSR count). The average molecular weight is 276 g/mol. The van der Waals surface area contributed by atoms with E-state index in [9.17, 15) is 0 Å². The molecule has 112 valence electrons. The molecule has 0 saturated carbocycles. The van der Waals surface area contributed by atoms with Crippen LogP contribution in [0.1, 0.15) is 57.5 Å². The van der Waals surface area contributed by atoms with E-state index in [1.165, 1.54) is 19.4 Å². The molecule has 0 aliphatic carbocycles. The van der Waals surface area contributed by atoms with Gasteiger partial charge in [-0.3, -0.25) is 0 Å². The third-order valence-corrected chi connectivity index (χ3v) is 3.79. The van der Waals surface area contributed by atoms with E-state index in [2.05, 4.69) is 47.4 Å². The highest BCUT2D eigenvalue weighted by Crippen LogP contribution is 2.16. The van der Waals surface area contributed by atoms with E-state index in [-0.39, 0.29) is 0 Å². The van der Waals surface area contributed by atoms with E-state index in [1.54, 1.807) is 0 Å². The number of hydrogen-bond donors (Lipinski definition) is 2. The number of hydrogen-bond acceptors (Lipinski definition) is 4. The monoisotopic (exact) mass is 276 g/mol. The Morgan fingerprint density at radius 2 is 2.25 bits per heavy atom. The van der Waals surface area contributed by atoms with Gasteiger partial charge in [0, 0.05) is 24.2 Å². The van der Waals surface area contributed by atoms with Gasteiger partial charge in [0.1, 0.15) is 11.6 Å². The molecule has 20 heavy (non-hydrogen) atoms.